The molecule has 146 valence electrons. The summed E-state index contributed by atoms with van der Waals surface area (Å²) in [6.07, 6.45) is 1.74. The van der Waals surface area contributed by atoms with Gasteiger partial charge >= 0.3 is 0 Å². The van der Waals surface area contributed by atoms with E-state index in [1.54, 1.807) is 35.2 Å². The molecule has 6 nitrogen and oxygen atoms in total. The van der Waals surface area contributed by atoms with Crippen molar-refractivity contribution in [3.8, 4) is 0 Å². The van der Waals surface area contributed by atoms with Gasteiger partial charge in [-0.3, -0.25) is 9.52 Å². The smallest absolute Gasteiger partial charge is 0.261 e. The summed E-state index contributed by atoms with van der Waals surface area (Å²) in [5, 5.41) is 9.20. The van der Waals surface area contributed by atoms with Gasteiger partial charge in [0, 0.05) is 24.3 Å². The average Bonchev–Trinajstić information content (AvgIpc) is 2.64. The van der Waals surface area contributed by atoms with Crippen molar-refractivity contribution in [3.63, 3.8) is 0 Å². The van der Waals surface area contributed by atoms with E-state index in [9.17, 15) is 18.3 Å². The monoisotopic (exact) mass is 390 g/mol. The van der Waals surface area contributed by atoms with Crippen molar-refractivity contribution in [1.82, 2.24) is 4.90 Å². The van der Waals surface area contributed by atoms with Crippen LogP contribution >= 0.6 is 0 Å². The van der Waals surface area contributed by atoms with E-state index in [0.717, 1.165) is 18.4 Å². The Kier molecular flexibility index (Phi) is 7.38. The zero-order valence-corrected chi connectivity index (χ0v) is 16.5. The highest BCUT2D eigenvalue weighted by Crippen LogP contribution is 2.19. The number of rotatable bonds is 9. The molecule has 0 fully saturated rings. The number of carbonyl (C=O) groups excluding carboxylic acids is 1. The number of nitrogens with zero attached hydrogens (tertiary/aromatic N) is 1. The number of hydrogen-bond donors (Lipinski definition) is 2. The topological polar surface area (TPSA) is 86.7 Å². The predicted molar refractivity (Wildman–Crippen MR) is 106 cm³/mol. The highest BCUT2D eigenvalue weighted by Gasteiger charge is 2.19. The molecule has 0 aliphatic rings. The van der Waals surface area contributed by atoms with Crippen molar-refractivity contribution in [2.75, 3.05) is 24.4 Å². The minimum absolute atomic E-state index is 0.0225. The van der Waals surface area contributed by atoms with E-state index in [0.29, 0.717) is 12.2 Å². The molecule has 0 saturated heterocycles. The Hall–Kier alpha value is -2.38. The molecule has 0 aliphatic carbocycles. The minimum Gasteiger partial charge on any atom is -0.395 e. The number of carbonyl (C=O) groups is 1. The first-order chi connectivity index (χ1) is 12.9. The Morgan fingerprint density at radius 2 is 1.85 bits per heavy atom. The van der Waals surface area contributed by atoms with Gasteiger partial charge < -0.3 is 10.0 Å². The number of aliphatic hydroxyl groups excluding tert-OH is 1. The summed E-state index contributed by atoms with van der Waals surface area (Å²) in [6.45, 7) is 4.50. The van der Waals surface area contributed by atoms with Gasteiger partial charge in [0.25, 0.3) is 15.9 Å². The molecule has 0 saturated carbocycles. The van der Waals surface area contributed by atoms with Crippen LogP contribution in [0, 0.1) is 6.92 Å². The highest BCUT2D eigenvalue weighted by atomic mass is 32.2. The zero-order chi connectivity index (χ0) is 19.9. The highest BCUT2D eigenvalue weighted by molar-refractivity contribution is 7.92. The molecule has 0 bridgehead atoms. The summed E-state index contributed by atoms with van der Waals surface area (Å²) in [4.78, 5) is 14.3. The first kappa shape index (κ1) is 20.9. The van der Waals surface area contributed by atoms with Crippen molar-refractivity contribution in [3.05, 3.63) is 59.7 Å². The summed E-state index contributed by atoms with van der Waals surface area (Å²) in [5.41, 5.74) is 1.69. The van der Waals surface area contributed by atoms with E-state index in [2.05, 4.69) is 4.72 Å². The van der Waals surface area contributed by atoms with Crippen molar-refractivity contribution in [1.29, 1.82) is 0 Å². The second-order valence-electron chi connectivity index (χ2n) is 6.37. The van der Waals surface area contributed by atoms with Crippen LogP contribution in [0.15, 0.2) is 53.4 Å². The lowest BCUT2D eigenvalue weighted by Crippen LogP contribution is -2.34. The summed E-state index contributed by atoms with van der Waals surface area (Å²) in [7, 11) is -3.81. The van der Waals surface area contributed by atoms with Crippen LogP contribution < -0.4 is 4.72 Å². The Balaban J connectivity index is 2.25. The van der Waals surface area contributed by atoms with Crippen molar-refractivity contribution >= 4 is 21.6 Å². The number of hydrogen-bond acceptors (Lipinski definition) is 4. The van der Waals surface area contributed by atoms with E-state index in [1.807, 2.05) is 19.9 Å². The number of sulfonamides is 1. The SMILES string of the molecule is CCCCN(CCO)C(=O)c1cccc(S(=O)(=O)Nc2cccc(C)c2)c1. The predicted octanol–water partition coefficient (Wildman–Crippen LogP) is 3.03. The zero-order valence-electron chi connectivity index (χ0n) is 15.7. The van der Waals surface area contributed by atoms with Crippen LogP contribution in [-0.4, -0.2) is 44.0 Å². The number of aliphatic hydroxyl groups is 1. The lowest BCUT2D eigenvalue weighted by atomic mass is 10.2. The lowest BCUT2D eigenvalue weighted by Gasteiger charge is -2.22. The second-order valence-corrected chi connectivity index (χ2v) is 8.05. The second kappa shape index (κ2) is 9.53. The molecule has 0 radical (unpaired) electrons. The Bertz CT molecular complexity index is 881. The number of nitrogens with one attached hydrogen (secondary N) is 1. The van der Waals surface area contributed by atoms with Crippen LogP contribution in [-0.2, 0) is 10.0 Å². The van der Waals surface area contributed by atoms with Gasteiger partial charge in [-0.25, -0.2) is 8.42 Å². The number of anilines is 1. The van der Waals surface area contributed by atoms with Crippen LogP contribution in [0.2, 0.25) is 0 Å². The van der Waals surface area contributed by atoms with Crippen molar-refractivity contribution in [2.24, 2.45) is 0 Å². The van der Waals surface area contributed by atoms with Gasteiger partial charge in [-0.2, -0.15) is 0 Å². The largest absolute Gasteiger partial charge is 0.395 e. The van der Waals surface area contributed by atoms with Crippen LogP contribution in [0.3, 0.4) is 0 Å². The molecular weight excluding hydrogens is 364 g/mol. The van der Waals surface area contributed by atoms with E-state index < -0.39 is 10.0 Å². The fourth-order valence-corrected chi connectivity index (χ4v) is 3.78. The molecule has 1 amide bonds. The van der Waals surface area contributed by atoms with Crippen molar-refractivity contribution in [2.45, 2.75) is 31.6 Å². The molecule has 0 spiro atoms. The fraction of sp³-hybridized carbons (Fsp3) is 0.350. The summed E-state index contributed by atoms with van der Waals surface area (Å²) in [6, 6.07) is 13.0. The van der Waals surface area contributed by atoms with Gasteiger partial charge in [0.2, 0.25) is 0 Å². The minimum atomic E-state index is -3.81. The summed E-state index contributed by atoms with van der Waals surface area (Å²) in [5.74, 6) is -0.287. The third-order valence-corrected chi connectivity index (χ3v) is 5.48. The van der Waals surface area contributed by atoms with Gasteiger partial charge in [0.05, 0.1) is 11.5 Å². The number of benzene rings is 2. The molecular formula is C20H26N2O4S. The van der Waals surface area contributed by atoms with Crippen LogP contribution in [0.25, 0.3) is 0 Å². The van der Waals surface area contributed by atoms with E-state index >= 15 is 0 Å². The molecule has 0 aliphatic heterocycles. The lowest BCUT2D eigenvalue weighted by molar-refractivity contribution is 0.0719. The quantitative estimate of drug-likeness (QED) is 0.689. The summed E-state index contributed by atoms with van der Waals surface area (Å²) >= 11 is 0. The standard InChI is InChI=1S/C20H26N2O4S/c1-3-4-11-22(12-13-23)20(24)17-8-6-10-19(15-17)27(25,26)21-18-9-5-7-16(2)14-18/h5-10,14-15,21,23H,3-4,11-13H2,1-2H3. The summed E-state index contributed by atoms with van der Waals surface area (Å²) < 4.78 is 27.9. The van der Waals surface area contributed by atoms with E-state index in [1.165, 1.54) is 12.1 Å². The van der Waals surface area contributed by atoms with Gasteiger partial charge in [0.1, 0.15) is 0 Å². The maximum absolute atomic E-state index is 12.7. The van der Waals surface area contributed by atoms with Crippen molar-refractivity contribution < 1.29 is 18.3 Å². The molecule has 7 heteroatoms. The molecule has 2 rings (SSSR count). The van der Waals surface area contributed by atoms with Gasteiger partial charge in [-0.15, -0.1) is 0 Å². The fourth-order valence-electron chi connectivity index (χ4n) is 2.69. The molecule has 27 heavy (non-hydrogen) atoms. The molecule has 2 aromatic carbocycles. The molecule has 2 N–H and O–H groups in total. The Morgan fingerprint density at radius 1 is 1.11 bits per heavy atom. The number of unbranched alkanes of at least 4 members (excludes halogenated alkanes) is 1. The maximum atomic E-state index is 12.7. The maximum Gasteiger partial charge on any atom is 0.261 e. The third-order valence-electron chi connectivity index (χ3n) is 4.10. The number of amides is 1. The average molecular weight is 391 g/mol. The van der Waals surface area contributed by atoms with Gasteiger partial charge in [-0.1, -0.05) is 31.5 Å². The first-order valence-electron chi connectivity index (χ1n) is 8.97. The van der Waals surface area contributed by atoms with Gasteiger partial charge in [-0.05, 0) is 49.2 Å². The van der Waals surface area contributed by atoms with Crippen LogP contribution in [0.5, 0.6) is 0 Å². The van der Waals surface area contributed by atoms with Crippen LogP contribution in [0.1, 0.15) is 35.7 Å². The number of aryl methyl sites for hydroxylation is 1. The third kappa shape index (κ3) is 5.80. The van der Waals surface area contributed by atoms with E-state index in [-0.39, 0.29) is 29.5 Å². The van der Waals surface area contributed by atoms with E-state index in [4.69, 9.17) is 0 Å². The Labute approximate surface area is 160 Å². The molecule has 0 unspecified atom stereocenters. The van der Waals surface area contributed by atoms with Gasteiger partial charge in [0.15, 0.2) is 0 Å². The Morgan fingerprint density at radius 3 is 2.52 bits per heavy atom. The first-order valence-corrected chi connectivity index (χ1v) is 10.5. The normalized spacial score (nSPS) is 11.2. The molecule has 0 aromatic heterocycles. The van der Waals surface area contributed by atoms with Crippen LogP contribution in [0.4, 0.5) is 5.69 Å². The molecule has 0 atom stereocenters. The molecule has 2 aromatic rings. The molecule has 0 heterocycles.